The van der Waals surface area contributed by atoms with Crippen LogP contribution in [0.5, 0.6) is 0 Å². The maximum Gasteiger partial charge on any atom is 0.191 e. The van der Waals surface area contributed by atoms with Crippen molar-refractivity contribution in [3.8, 4) is 0 Å². The average molecular weight is 340 g/mol. The summed E-state index contributed by atoms with van der Waals surface area (Å²) in [5.74, 6) is 2.97. The zero-order valence-electron chi connectivity index (χ0n) is 14.8. The van der Waals surface area contributed by atoms with E-state index in [1.165, 1.54) is 50.7 Å². The first-order valence-corrected chi connectivity index (χ1v) is 10.9. The van der Waals surface area contributed by atoms with Crippen LogP contribution in [0.3, 0.4) is 0 Å². The van der Waals surface area contributed by atoms with Gasteiger partial charge in [0.1, 0.15) is 0 Å². The highest BCUT2D eigenvalue weighted by Crippen LogP contribution is 2.60. The van der Waals surface area contributed by atoms with Crippen molar-refractivity contribution in [3.05, 3.63) is 0 Å². The monoisotopic (exact) mass is 339 g/mol. The molecule has 1 spiro atoms. The van der Waals surface area contributed by atoms with Gasteiger partial charge in [-0.3, -0.25) is 4.99 Å². The second-order valence-corrected chi connectivity index (χ2v) is 8.25. The van der Waals surface area contributed by atoms with Gasteiger partial charge >= 0.3 is 0 Å². The molecule has 3 fully saturated rings. The summed E-state index contributed by atoms with van der Waals surface area (Å²) in [6.07, 6.45) is 11.8. The van der Waals surface area contributed by atoms with Crippen molar-refractivity contribution < 1.29 is 4.74 Å². The lowest BCUT2D eigenvalue weighted by molar-refractivity contribution is -0.125. The second-order valence-electron chi connectivity index (χ2n) is 7.27. The van der Waals surface area contributed by atoms with Crippen molar-refractivity contribution in [2.75, 3.05) is 31.7 Å². The molecule has 0 aromatic rings. The van der Waals surface area contributed by atoms with Crippen LogP contribution in [0.4, 0.5) is 0 Å². The zero-order valence-corrected chi connectivity index (χ0v) is 15.6. The molecule has 0 amide bonds. The lowest BCUT2D eigenvalue weighted by atomic mass is 9.54. The molecular weight excluding hydrogens is 306 g/mol. The standard InChI is InChI=1S/C18H33N3OS/c1-3-19-17(20-11-6-7-13-23-2)21-15-14-8-12-22-16(14)18(15)9-4-5-10-18/h14-16H,3-13H2,1-2H3,(H2,19,20,21). The largest absolute Gasteiger partial charge is 0.377 e. The molecule has 0 aromatic heterocycles. The van der Waals surface area contributed by atoms with E-state index in [0.29, 0.717) is 23.5 Å². The number of rotatable bonds is 7. The minimum atomic E-state index is 0.399. The molecule has 1 saturated heterocycles. The molecule has 4 nitrogen and oxygen atoms in total. The molecule has 0 bridgehead atoms. The highest BCUT2D eigenvalue weighted by molar-refractivity contribution is 7.98. The number of guanidine groups is 1. The Kier molecular flexibility index (Phi) is 6.13. The molecule has 2 aliphatic carbocycles. The molecule has 0 radical (unpaired) electrons. The minimum Gasteiger partial charge on any atom is -0.377 e. The van der Waals surface area contributed by atoms with Crippen LogP contribution in [0.2, 0.25) is 0 Å². The summed E-state index contributed by atoms with van der Waals surface area (Å²) in [7, 11) is 0. The van der Waals surface area contributed by atoms with E-state index in [1.54, 1.807) is 0 Å². The van der Waals surface area contributed by atoms with Crippen molar-refractivity contribution in [2.45, 2.75) is 64.0 Å². The Morgan fingerprint density at radius 2 is 2.13 bits per heavy atom. The Morgan fingerprint density at radius 1 is 1.30 bits per heavy atom. The fourth-order valence-electron chi connectivity index (χ4n) is 4.92. The fraction of sp³-hybridized carbons (Fsp3) is 0.944. The Hall–Kier alpha value is -0.420. The summed E-state index contributed by atoms with van der Waals surface area (Å²) in [5, 5.41) is 7.25. The molecule has 1 heterocycles. The summed E-state index contributed by atoms with van der Waals surface area (Å²) in [6, 6.07) is 0.571. The van der Waals surface area contributed by atoms with Crippen LogP contribution >= 0.6 is 11.8 Å². The van der Waals surface area contributed by atoms with E-state index in [1.807, 2.05) is 11.8 Å². The number of nitrogens with zero attached hydrogens (tertiary/aromatic N) is 1. The quantitative estimate of drug-likeness (QED) is 0.425. The average Bonchev–Trinajstić information content (AvgIpc) is 3.20. The van der Waals surface area contributed by atoms with Gasteiger partial charge in [-0.05, 0) is 51.0 Å². The van der Waals surface area contributed by atoms with Crippen molar-refractivity contribution in [1.29, 1.82) is 0 Å². The normalized spacial score (nSPS) is 31.9. The van der Waals surface area contributed by atoms with Gasteiger partial charge in [0.2, 0.25) is 0 Å². The highest BCUT2D eigenvalue weighted by atomic mass is 32.2. The first kappa shape index (κ1) is 17.4. The predicted molar refractivity (Wildman–Crippen MR) is 99.3 cm³/mol. The summed E-state index contributed by atoms with van der Waals surface area (Å²) < 4.78 is 6.08. The third-order valence-corrected chi connectivity index (χ3v) is 6.65. The van der Waals surface area contributed by atoms with Gasteiger partial charge in [0, 0.05) is 37.1 Å². The SMILES string of the molecule is CCNC(=NCCCCSC)NC1C2CCOC2C12CCCC2. The van der Waals surface area contributed by atoms with Gasteiger partial charge in [-0.25, -0.2) is 0 Å². The van der Waals surface area contributed by atoms with E-state index >= 15 is 0 Å². The Balaban J connectivity index is 1.59. The smallest absolute Gasteiger partial charge is 0.191 e. The molecule has 3 rings (SSSR count). The van der Waals surface area contributed by atoms with Gasteiger partial charge in [0.25, 0.3) is 0 Å². The van der Waals surface area contributed by atoms with Crippen molar-refractivity contribution >= 4 is 17.7 Å². The number of unbranched alkanes of at least 4 members (excludes halogenated alkanes) is 1. The van der Waals surface area contributed by atoms with Crippen LogP contribution in [0.1, 0.15) is 51.9 Å². The van der Waals surface area contributed by atoms with Crippen molar-refractivity contribution in [2.24, 2.45) is 16.3 Å². The van der Waals surface area contributed by atoms with Crippen LogP contribution in [-0.4, -0.2) is 49.8 Å². The Bertz CT molecular complexity index is 409. The van der Waals surface area contributed by atoms with Crippen molar-refractivity contribution in [3.63, 3.8) is 0 Å². The van der Waals surface area contributed by atoms with Crippen LogP contribution in [-0.2, 0) is 4.74 Å². The fourth-order valence-corrected chi connectivity index (χ4v) is 5.41. The summed E-state index contributed by atoms with van der Waals surface area (Å²) >= 11 is 1.92. The molecule has 1 aliphatic heterocycles. The number of ether oxygens (including phenoxy) is 1. The van der Waals surface area contributed by atoms with Gasteiger partial charge < -0.3 is 15.4 Å². The topological polar surface area (TPSA) is 45.7 Å². The van der Waals surface area contributed by atoms with E-state index in [9.17, 15) is 0 Å². The maximum atomic E-state index is 6.08. The van der Waals surface area contributed by atoms with E-state index in [0.717, 1.165) is 25.7 Å². The molecule has 3 unspecified atom stereocenters. The molecule has 3 aliphatic rings. The molecular formula is C18H33N3OS. The molecule has 2 N–H and O–H groups in total. The number of nitrogens with one attached hydrogen (secondary N) is 2. The zero-order chi connectivity index (χ0) is 16.1. The van der Waals surface area contributed by atoms with Crippen LogP contribution < -0.4 is 10.6 Å². The van der Waals surface area contributed by atoms with Gasteiger partial charge in [-0.2, -0.15) is 11.8 Å². The van der Waals surface area contributed by atoms with Crippen LogP contribution in [0.25, 0.3) is 0 Å². The minimum absolute atomic E-state index is 0.399. The van der Waals surface area contributed by atoms with E-state index in [2.05, 4.69) is 23.8 Å². The Morgan fingerprint density at radius 3 is 2.87 bits per heavy atom. The summed E-state index contributed by atoms with van der Waals surface area (Å²) in [6.45, 7) is 4.97. The van der Waals surface area contributed by atoms with Gasteiger partial charge in [0.05, 0.1) is 6.10 Å². The second kappa shape index (κ2) is 8.11. The van der Waals surface area contributed by atoms with Crippen LogP contribution in [0.15, 0.2) is 4.99 Å². The van der Waals surface area contributed by atoms with E-state index in [4.69, 9.17) is 9.73 Å². The number of aliphatic imine (C=N–C) groups is 1. The number of thioether (sulfide) groups is 1. The number of fused-ring (bicyclic) bond motifs is 2. The lowest BCUT2D eigenvalue weighted by Crippen LogP contribution is -2.69. The van der Waals surface area contributed by atoms with E-state index < -0.39 is 0 Å². The first-order valence-electron chi connectivity index (χ1n) is 9.47. The van der Waals surface area contributed by atoms with Gasteiger partial charge in [-0.15, -0.1) is 0 Å². The molecule has 132 valence electrons. The summed E-state index contributed by atoms with van der Waals surface area (Å²) in [5.41, 5.74) is 0.399. The molecule has 2 saturated carbocycles. The highest BCUT2D eigenvalue weighted by Gasteiger charge is 2.65. The molecule has 23 heavy (non-hydrogen) atoms. The third kappa shape index (κ3) is 3.51. The molecule has 3 atom stereocenters. The van der Waals surface area contributed by atoms with Gasteiger partial charge in [0.15, 0.2) is 5.96 Å². The Labute approximate surface area is 145 Å². The predicted octanol–water partition coefficient (Wildman–Crippen LogP) is 3.03. The third-order valence-electron chi connectivity index (χ3n) is 5.95. The maximum absolute atomic E-state index is 6.08. The molecule has 5 heteroatoms. The number of hydrogen-bond donors (Lipinski definition) is 2. The van der Waals surface area contributed by atoms with Crippen molar-refractivity contribution in [1.82, 2.24) is 10.6 Å². The lowest BCUT2D eigenvalue weighted by Gasteiger charge is -2.57. The molecule has 0 aromatic carbocycles. The summed E-state index contributed by atoms with van der Waals surface area (Å²) in [4.78, 5) is 4.82. The first-order chi connectivity index (χ1) is 11.3. The number of hydrogen-bond acceptors (Lipinski definition) is 3. The van der Waals surface area contributed by atoms with Gasteiger partial charge in [-0.1, -0.05) is 12.8 Å². The van der Waals surface area contributed by atoms with E-state index in [-0.39, 0.29) is 0 Å². The van der Waals surface area contributed by atoms with Crippen LogP contribution in [0, 0.1) is 11.3 Å².